The largest absolute Gasteiger partial charge is 0.272 e. The zero-order chi connectivity index (χ0) is 12.9. The van der Waals surface area contributed by atoms with Crippen LogP contribution >= 0.6 is 0 Å². The smallest absolute Gasteiger partial charge is 0.258 e. The van der Waals surface area contributed by atoms with Crippen LogP contribution in [-0.4, -0.2) is 16.9 Å². The standard InChI is InChI=1S/C14H15NO3/c1-14(2)10-11(14)13(17)15(12(10)16)18-8-9-6-4-3-5-7-9/h3-7,10-11H,8H2,1-2H3. The van der Waals surface area contributed by atoms with Crippen LogP contribution in [0.2, 0.25) is 0 Å². The van der Waals surface area contributed by atoms with Crippen LogP contribution in [0.15, 0.2) is 30.3 Å². The van der Waals surface area contributed by atoms with Crippen molar-refractivity contribution >= 4 is 11.8 Å². The summed E-state index contributed by atoms with van der Waals surface area (Å²) < 4.78 is 0. The fourth-order valence-corrected chi connectivity index (χ4v) is 2.76. The third kappa shape index (κ3) is 1.49. The average molecular weight is 245 g/mol. The predicted molar refractivity (Wildman–Crippen MR) is 63.8 cm³/mol. The van der Waals surface area contributed by atoms with Crippen molar-refractivity contribution in [1.82, 2.24) is 5.06 Å². The van der Waals surface area contributed by atoms with Crippen LogP contribution < -0.4 is 0 Å². The van der Waals surface area contributed by atoms with Gasteiger partial charge in [0.1, 0.15) is 6.61 Å². The van der Waals surface area contributed by atoms with Crippen molar-refractivity contribution in [3.8, 4) is 0 Å². The minimum Gasteiger partial charge on any atom is -0.272 e. The Kier molecular flexibility index (Phi) is 2.32. The minimum absolute atomic E-state index is 0.180. The quantitative estimate of drug-likeness (QED) is 0.762. The SMILES string of the molecule is CC1(C)C2C(=O)N(OCc3ccccc3)C(=O)C21. The summed E-state index contributed by atoms with van der Waals surface area (Å²) in [6, 6.07) is 9.50. The molecule has 3 rings (SSSR count). The topological polar surface area (TPSA) is 46.6 Å². The molecule has 1 aliphatic carbocycles. The van der Waals surface area contributed by atoms with Gasteiger partial charge >= 0.3 is 0 Å². The van der Waals surface area contributed by atoms with Crippen molar-refractivity contribution < 1.29 is 14.4 Å². The third-order valence-electron chi connectivity index (χ3n) is 3.96. The summed E-state index contributed by atoms with van der Waals surface area (Å²) in [6.07, 6.45) is 0. The number of piperidine rings is 1. The van der Waals surface area contributed by atoms with Gasteiger partial charge in [-0.15, -0.1) is 0 Å². The lowest BCUT2D eigenvalue weighted by Gasteiger charge is -2.19. The van der Waals surface area contributed by atoms with Gasteiger partial charge < -0.3 is 0 Å². The summed E-state index contributed by atoms with van der Waals surface area (Å²) in [5.74, 6) is -0.738. The van der Waals surface area contributed by atoms with Gasteiger partial charge in [0.15, 0.2) is 0 Å². The van der Waals surface area contributed by atoms with Gasteiger partial charge in [-0.1, -0.05) is 44.2 Å². The number of amides is 2. The molecular formula is C14H15NO3. The Bertz CT molecular complexity index is 485. The van der Waals surface area contributed by atoms with Crippen LogP contribution in [0.4, 0.5) is 0 Å². The van der Waals surface area contributed by atoms with E-state index in [2.05, 4.69) is 0 Å². The first-order valence-corrected chi connectivity index (χ1v) is 6.08. The minimum atomic E-state index is -0.189. The highest BCUT2D eigenvalue weighted by Crippen LogP contribution is 2.63. The number of benzene rings is 1. The van der Waals surface area contributed by atoms with Crippen molar-refractivity contribution in [3.63, 3.8) is 0 Å². The lowest BCUT2D eigenvalue weighted by atomic mass is 10.1. The third-order valence-corrected chi connectivity index (χ3v) is 3.96. The Hall–Kier alpha value is -1.68. The van der Waals surface area contributed by atoms with Crippen LogP contribution in [-0.2, 0) is 21.0 Å². The number of imide groups is 1. The van der Waals surface area contributed by atoms with Gasteiger partial charge in [-0.05, 0) is 11.0 Å². The highest BCUT2D eigenvalue weighted by atomic mass is 16.7. The second-order valence-electron chi connectivity index (χ2n) is 5.51. The number of hydrogen-bond donors (Lipinski definition) is 0. The summed E-state index contributed by atoms with van der Waals surface area (Å²) >= 11 is 0. The molecule has 0 spiro atoms. The highest BCUT2D eigenvalue weighted by Gasteiger charge is 2.73. The Balaban J connectivity index is 1.66. The molecule has 4 heteroatoms. The summed E-state index contributed by atoms with van der Waals surface area (Å²) in [5, 5.41) is 0.952. The molecule has 0 radical (unpaired) electrons. The number of fused-ring (bicyclic) bond motifs is 1. The van der Waals surface area contributed by atoms with Crippen LogP contribution in [0.25, 0.3) is 0 Å². The van der Waals surface area contributed by atoms with Crippen molar-refractivity contribution in [2.45, 2.75) is 20.5 Å². The molecule has 94 valence electrons. The van der Waals surface area contributed by atoms with Gasteiger partial charge in [0.25, 0.3) is 11.8 Å². The van der Waals surface area contributed by atoms with Crippen LogP contribution in [0, 0.1) is 17.3 Å². The first-order valence-electron chi connectivity index (χ1n) is 6.08. The van der Waals surface area contributed by atoms with E-state index in [1.807, 2.05) is 44.2 Å². The van der Waals surface area contributed by atoms with Crippen molar-refractivity contribution in [2.75, 3.05) is 0 Å². The second kappa shape index (κ2) is 3.65. The molecule has 18 heavy (non-hydrogen) atoms. The van der Waals surface area contributed by atoms with Crippen LogP contribution in [0.1, 0.15) is 19.4 Å². The fourth-order valence-electron chi connectivity index (χ4n) is 2.76. The molecule has 0 N–H and O–H groups in total. The lowest BCUT2D eigenvalue weighted by molar-refractivity contribution is -0.196. The summed E-state index contributed by atoms with van der Waals surface area (Å²) in [6.45, 7) is 4.15. The zero-order valence-electron chi connectivity index (χ0n) is 10.4. The highest BCUT2D eigenvalue weighted by molar-refractivity contribution is 6.09. The van der Waals surface area contributed by atoms with E-state index >= 15 is 0 Å². The van der Waals surface area contributed by atoms with Gasteiger partial charge in [-0.2, -0.15) is 5.06 Å². The summed E-state index contributed by atoms with van der Waals surface area (Å²) in [4.78, 5) is 29.3. The number of carbonyl (C=O) groups is 2. The van der Waals surface area contributed by atoms with E-state index in [-0.39, 0.29) is 35.7 Å². The number of carbonyl (C=O) groups excluding carboxylic acids is 2. The maximum Gasteiger partial charge on any atom is 0.258 e. The number of hydroxylamine groups is 2. The van der Waals surface area contributed by atoms with Crippen molar-refractivity contribution in [1.29, 1.82) is 0 Å². The number of nitrogens with zero attached hydrogens (tertiary/aromatic N) is 1. The van der Waals surface area contributed by atoms with Gasteiger partial charge in [0.05, 0.1) is 11.8 Å². The van der Waals surface area contributed by atoms with Gasteiger partial charge in [-0.25, -0.2) is 0 Å². The molecule has 1 aromatic carbocycles. The number of rotatable bonds is 3. The van der Waals surface area contributed by atoms with E-state index in [0.717, 1.165) is 10.6 Å². The van der Waals surface area contributed by atoms with E-state index < -0.39 is 0 Å². The van der Waals surface area contributed by atoms with Crippen LogP contribution in [0.3, 0.4) is 0 Å². The first kappa shape index (κ1) is 11.4. The van der Waals surface area contributed by atoms with Crippen LogP contribution in [0.5, 0.6) is 0 Å². The summed E-state index contributed by atoms with van der Waals surface area (Å²) in [5.41, 5.74) is 0.763. The number of hydrogen-bond acceptors (Lipinski definition) is 3. The molecule has 2 fully saturated rings. The molecule has 2 atom stereocenters. The zero-order valence-corrected chi connectivity index (χ0v) is 10.4. The lowest BCUT2D eigenvalue weighted by Crippen LogP contribution is -2.36. The van der Waals surface area contributed by atoms with E-state index in [1.165, 1.54) is 0 Å². The molecule has 1 saturated heterocycles. The molecular weight excluding hydrogens is 230 g/mol. The maximum absolute atomic E-state index is 12.0. The molecule has 1 aliphatic heterocycles. The molecule has 2 amide bonds. The van der Waals surface area contributed by atoms with E-state index in [9.17, 15) is 9.59 Å². The molecule has 0 bridgehead atoms. The average Bonchev–Trinajstić information content (AvgIpc) is 2.81. The van der Waals surface area contributed by atoms with Crippen molar-refractivity contribution in [2.24, 2.45) is 17.3 Å². The van der Waals surface area contributed by atoms with Crippen molar-refractivity contribution in [3.05, 3.63) is 35.9 Å². The first-order chi connectivity index (χ1) is 8.53. The molecule has 1 saturated carbocycles. The molecule has 4 nitrogen and oxygen atoms in total. The predicted octanol–water partition coefficient (Wildman–Crippen LogP) is 1.76. The molecule has 2 aliphatic rings. The van der Waals surface area contributed by atoms with Gasteiger partial charge in [0.2, 0.25) is 0 Å². The maximum atomic E-state index is 12.0. The molecule has 0 aromatic heterocycles. The second-order valence-corrected chi connectivity index (χ2v) is 5.51. The molecule has 1 heterocycles. The normalized spacial score (nSPS) is 28.4. The van der Waals surface area contributed by atoms with Gasteiger partial charge in [0, 0.05) is 0 Å². The summed E-state index contributed by atoms with van der Waals surface area (Å²) in [7, 11) is 0. The Labute approximate surface area is 105 Å². The van der Waals surface area contributed by atoms with E-state index in [1.54, 1.807) is 0 Å². The fraction of sp³-hybridized carbons (Fsp3) is 0.429. The monoisotopic (exact) mass is 245 g/mol. The Morgan fingerprint density at radius 2 is 1.67 bits per heavy atom. The van der Waals surface area contributed by atoms with E-state index in [4.69, 9.17) is 4.84 Å². The van der Waals surface area contributed by atoms with E-state index in [0.29, 0.717) is 0 Å². The molecule has 2 unspecified atom stereocenters. The molecule has 1 aromatic rings. The van der Waals surface area contributed by atoms with Gasteiger partial charge in [-0.3, -0.25) is 14.4 Å². The Morgan fingerprint density at radius 3 is 2.22 bits per heavy atom. The Morgan fingerprint density at radius 1 is 1.11 bits per heavy atom.